The molecular weight excluding hydrogens is 138 g/mol. The summed E-state index contributed by atoms with van der Waals surface area (Å²) in [4.78, 5) is 19.3. The predicted octanol–water partition coefficient (Wildman–Crippen LogP) is 0.374. The van der Waals surface area contributed by atoms with Gasteiger partial charge in [0, 0.05) is 11.3 Å². The predicted molar refractivity (Wildman–Crippen MR) is 33.3 cm³/mol. The zero-order valence-electron chi connectivity index (χ0n) is 5.61. The molecule has 1 atom stereocenters. The summed E-state index contributed by atoms with van der Waals surface area (Å²) in [6.07, 6.45) is 0.0995. The first-order chi connectivity index (χ1) is 4.54. The van der Waals surface area contributed by atoms with Gasteiger partial charge in [-0.1, -0.05) is 6.92 Å². The minimum Gasteiger partial charge on any atom is -0.481 e. The molecule has 0 rings (SSSR count). The van der Waals surface area contributed by atoms with Crippen LogP contribution in [0.4, 0.5) is 0 Å². The van der Waals surface area contributed by atoms with E-state index in [1.54, 1.807) is 0 Å². The lowest BCUT2D eigenvalue weighted by atomic mass is 10.1. The Morgan fingerprint density at radius 1 is 1.80 bits per heavy atom. The standard InChI is InChI=1S/C5H9NO4/c1-4(5(7)8)2-3-6(9)10/h4H,2-3H2,1H3,(H,7,8). The highest BCUT2D eigenvalue weighted by molar-refractivity contribution is 5.69. The van der Waals surface area contributed by atoms with E-state index >= 15 is 0 Å². The molecule has 0 bridgehead atoms. The fraction of sp³-hybridized carbons (Fsp3) is 0.800. The lowest BCUT2D eigenvalue weighted by Gasteiger charge is -1.99. The lowest BCUT2D eigenvalue weighted by molar-refractivity contribution is -0.481. The molecule has 0 aliphatic heterocycles. The summed E-state index contributed by atoms with van der Waals surface area (Å²) < 4.78 is 0. The van der Waals surface area contributed by atoms with Crippen LogP contribution in [0.3, 0.4) is 0 Å². The summed E-state index contributed by atoms with van der Waals surface area (Å²) in [6, 6.07) is 0. The van der Waals surface area contributed by atoms with Crippen LogP contribution >= 0.6 is 0 Å². The fourth-order valence-electron chi connectivity index (χ4n) is 0.423. The highest BCUT2D eigenvalue weighted by atomic mass is 16.6. The first kappa shape index (κ1) is 8.87. The first-order valence-electron chi connectivity index (χ1n) is 2.88. The third kappa shape index (κ3) is 3.82. The minimum absolute atomic E-state index is 0.0995. The normalized spacial score (nSPS) is 12.5. The Balaban J connectivity index is 3.49. The SMILES string of the molecule is CC(CC[N+](=O)[O-])C(=O)O. The highest BCUT2D eigenvalue weighted by Crippen LogP contribution is 2.00. The Bertz CT molecular complexity index is 145. The maximum Gasteiger partial charge on any atom is 0.306 e. The molecule has 58 valence electrons. The van der Waals surface area contributed by atoms with Gasteiger partial charge in [0.05, 0.1) is 5.92 Å². The van der Waals surface area contributed by atoms with Crippen molar-refractivity contribution in [3.63, 3.8) is 0 Å². The van der Waals surface area contributed by atoms with Gasteiger partial charge in [0.25, 0.3) is 0 Å². The molecule has 0 amide bonds. The molecular formula is C5H9NO4. The van der Waals surface area contributed by atoms with Crippen molar-refractivity contribution >= 4 is 5.97 Å². The van der Waals surface area contributed by atoms with Crippen LogP contribution in [0.5, 0.6) is 0 Å². The Kier molecular flexibility index (Phi) is 3.38. The molecule has 0 aromatic heterocycles. The second-order valence-electron chi connectivity index (χ2n) is 2.08. The molecule has 0 aliphatic carbocycles. The van der Waals surface area contributed by atoms with Gasteiger partial charge in [-0.3, -0.25) is 14.9 Å². The minimum atomic E-state index is -0.984. The van der Waals surface area contributed by atoms with E-state index in [-0.39, 0.29) is 13.0 Å². The lowest BCUT2D eigenvalue weighted by Crippen LogP contribution is -2.14. The number of rotatable bonds is 4. The van der Waals surface area contributed by atoms with Crippen LogP contribution in [-0.4, -0.2) is 22.5 Å². The van der Waals surface area contributed by atoms with E-state index in [2.05, 4.69) is 0 Å². The van der Waals surface area contributed by atoms with E-state index in [0.29, 0.717) is 0 Å². The van der Waals surface area contributed by atoms with Crippen molar-refractivity contribution in [3.8, 4) is 0 Å². The first-order valence-corrected chi connectivity index (χ1v) is 2.88. The van der Waals surface area contributed by atoms with Crippen LogP contribution in [0.1, 0.15) is 13.3 Å². The average molecular weight is 147 g/mol. The van der Waals surface area contributed by atoms with Crippen molar-refractivity contribution in [2.45, 2.75) is 13.3 Å². The Labute approximate surface area is 57.8 Å². The maximum atomic E-state index is 10.1. The molecule has 0 aliphatic rings. The van der Waals surface area contributed by atoms with E-state index in [0.717, 1.165) is 0 Å². The summed E-state index contributed by atoms with van der Waals surface area (Å²) in [7, 11) is 0. The van der Waals surface area contributed by atoms with Crippen LogP contribution < -0.4 is 0 Å². The van der Waals surface area contributed by atoms with Gasteiger partial charge in [-0.2, -0.15) is 0 Å². The molecule has 5 heteroatoms. The molecule has 0 spiro atoms. The van der Waals surface area contributed by atoms with Gasteiger partial charge in [-0.15, -0.1) is 0 Å². The number of nitrogens with zero attached hydrogens (tertiary/aromatic N) is 1. The van der Waals surface area contributed by atoms with Gasteiger partial charge >= 0.3 is 5.97 Å². The summed E-state index contributed by atoms with van der Waals surface area (Å²) >= 11 is 0. The van der Waals surface area contributed by atoms with Crippen molar-refractivity contribution in [1.82, 2.24) is 0 Å². The second kappa shape index (κ2) is 3.81. The van der Waals surface area contributed by atoms with E-state index in [1.165, 1.54) is 6.92 Å². The van der Waals surface area contributed by atoms with Crippen molar-refractivity contribution in [2.75, 3.05) is 6.54 Å². The van der Waals surface area contributed by atoms with Gasteiger partial charge < -0.3 is 5.11 Å². The van der Waals surface area contributed by atoms with Gasteiger partial charge in [0.15, 0.2) is 0 Å². The van der Waals surface area contributed by atoms with Crippen LogP contribution in [0, 0.1) is 16.0 Å². The van der Waals surface area contributed by atoms with Gasteiger partial charge in [0.1, 0.15) is 0 Å². The molecule has 0 saturated carbocycles. The second-order valence-corrected chi connectivity index (χ2v) is 2.08. The smallest absolute Gasteiger partial charge is 0.306 e. The Morgan fingerprint density at radius 2 is 2.30 bits per heavy atom. The monoisotopic (exact) mass is 147 g/mol. The van der Waals surface area contributed by atoms with Crippen molar-refractivity contribution in [1.29, 1.82) is 0 Å². The molecule has 1 unspecified atom stereocenters. The van der Waals surface area contributed by atoms with Crippen LogP contribution in [0.15, 0.2) is 0 Å². The summed E-state index contributed by atoms with van der Waals surface area (Å²) in [6.45, 7) is 1.18. The maximum absolute atomic E-state index is 10.1. The number of carboxylic acid groups (broad SMARTS) is 1. The molecule has 5 nitrogen and oxygen atoms in total. The number of hydrogen-bond donors (Lipinski definition) is 1. The number of hydrogen-bond acceptors (Lipinski definition) is 3. The average Bonchev–Trinajstić information content (AvgIpc) is 1.82. The molecule has 10 heavy (non-hydrogen) atoms. The van der Waals surface area contributed by atoms with E-state index in [1.807, 2.05) is 0 Å². The molecule has 1 N–H and O–H groups in total. The Hall–Kier alpha value is -1.13. The van der Waals surface area contributed by atoms with Gasteiger partial charge in [-0.05, 0) is 0 Å². The number of carbonyl (C=O) groups is 1. The highest BCUT2D eigenvalue weighted by Gasteiger charge is 2.12. The molecule has 0 fully saturated rings. The third-order valence-electron chi connectivity index (χ3n) is 1.17. The summed E-state index contributed by atoms with van der Waals surface area (Å²) in [5.74, 6) is -1.60. The molecule has 0 aromatic rings. The van der Waals surface area contributed by atoms with Crippen molar-refractivity contribution in [3.05, 3.63) is 10.1 Å². The fourth-order valence-corrected chi connectivity index (χ4v) is 0.423. The largest absolute Gasteiger partial charge is 0.481 e. The quantitative estimate of drug-likeness (QED) is 0.460. The van der Waals surface area contributed by atoms with Crippen LogP contribution in [0.25, 0.3) is 0 Å². The third-order valence-corrected chi connectivity index (χ3v) is 1.17. The van der Waals surface area contributed by atoms with Crippen LogP contribution in [0.2, 0.25) is 0 Å². The zero-order valence-corrected chi connectivity index (χ0v) is 5.61. The summed E-state index contributed by atoms with van der Waals surface area (Å²) in [5.41, 5.74) is 0. The van der Waals surface area contributed by atoms with Crippen LogP contribution in [-0.2, 0) is 4.79 Å². The molecule has 0 heterocycles. The van der Waals surface area contributed by atoms with Gasteiger partial charge in [0.2, 0.25) is 6.54 Å². The number of carboxylic acids is 1. The van der Waals surface area contributed by atoms with Crippen molar-refractivity contribution in [2.24, 2.45) is 5.92 Å². The summed E-state index contributed by atoms with van der Waals surface area (Å²) in [5, 5.41) is 18.0. The molecule has 0 aromatic carbocycles. The van der Waals surface area contributed by atoms with Crippen molar-refractivity contribution < 1.29 is 14.8 Å². The number of aliphatic carboxylic acids is 1. The van der Waals surface area contributed by atoms with Gasteiger partial charge in [-0.25, -0.2) is 0 Å². The zero-order chi connectivity index (χ0) is 8.15. The van der Waals surface area contributed by atoms with E-state index < -0.39 is 16.8 Å². The van der Waals surface area contributed by atoms with E-state index in [9.17, 15) is 14.9 Å². The van der Waals surface area contributed by atoms with E-state index in [4.69, 9.17) is 5.11 Å². The Morgan fingerprint density at radius 3 is 2.60 bits per heavy atom. The molecule has 0 saturated heterocycles. The number of nitro groups is 1. The molecule has 0 radical (unpaired) electrons. The topological polar surface area (TPSA) is 80.4 Å².